The molecule has 158 valence electrons. The Morgan fingerprint density at radius 3 is 2.45 bits per heavy atom. The number of aryl methyl sites for hydroxylation is 1. The van der Waals surface area contributed by atoms with Crippen LogP contribution in [0.2, 0.25) is 0 Å². The molecule has 0 heterocycles. The van der Waals surface area contributed by atoms with Crippen LogP contribution in [0, 0.1) is 0 Å². The van der Waals surface area contributed by atoms with Crippen LogP contribution < -0.4 is 5.32 Å². The van der Waals surface area contributed by atoms with Gasteiger partial charge in [-0.25, -0.2) is 0 Å². The van der Waals surface area contributed by atoms with E-state index in [1.807, 2.05) is 49.4 Å². The van der Waals surface area contributed by atoms with Crippen molar-refractivity contribution in [2.45, 2.75) is 38.3 Å². The molecule has 0 aliphatic heterocycles. The summed E-state index contributed by atoms with van der Waals surface area (Å²) in [6, 6.07) is 16.7. The number of phenols is 1. The smallest absolute Gasteiger partial charge is 0.220 e. The molecule has 2 atom stereocenters. The van der Waals surface area contributed by atoms with E-state index in [0.717, 1.165) is 11.1 Å². The maximum absolute atomic E-state index is 12.5. The molecule has 6 nitrogen and oxygen atoms in total. The molecule has 1 unspecified atom stereocenters. The van der Waals surface area contributed by atoms with Crippen LogP contribution in [-0.2, 0) is 27.1 Å². The van der Waals surface area contributed by atoms with Gasteiger partial charge in [-0.2, -0.15) is 0 Å². The predicted molar refractivity (Wildman–Crippen MR) is 112 cm³/mol. The highest BCUT2D eigenvalue weighted by Crippen LogP contribution is 2.12. The van der Waals surface area contributed by atoms with Gasteiger partial charge in [0.25, 0.3) is 0 Å². The molecule has 0 bridgehead atoms. The number of ether oxygens (including phenoxy) is 2. The lowest BCUT2D eigenvalue weighted by Crippen LogP contribution is -2.40. The molecule has 0 saturated carbocycles. The average molecular weight is 402 g/mol. The van der Waals surface area contributed by atoms with Crippen molar-refractivity contribution >= 4 is 5.91 Å². The summed E-state index contributed by atoms with van der Waals surface area (Å²) in [5.74, 6) is 0.189. The van der Waals surface area contributed by atoms with Gasteiger partial charge in [-0.05, 0) is 43.0 Å². The fraction of sp³-hybridized carbons (Fsp3) is 0.435. The molecule has 0 aliphatic carbocycles. The van der Waals surface area contributed by atoms with E-state index in [-0.39, 0.29) is 37.0 Å². The van der Waals surface area contributed by atoms with Crippen molar-refractivity contribution in [3.8, 4) is 5.75 Å². The van der Waals surface area contributed by atoms with E-state index >= 15 is 0 Å². The highest BCUT2D eigenvalue weighted by Gasteiger charge is 2.15. The average Bonchev–Trinajstić information content (AvgIpc) is 2.73. The van der Waals surface area contributed by atoms with Crippen molar-refractivity contribution in [2.24, 2.45) is 0 Å². The first kappa shape index (κ1) is 22.9. The van der Waals surface area contributed by atoms with Gasteiger partial charge in [0.2, 0.25) is 5.91 Å². The number of aliphatic hydroxyl groups excluding tert-OH is 1. The fourth-order valence-electron chi connectivity index (χ4n) is 2.95. The summed E-state index contributed by atoms with van der Waals surface area (Å²) in [7, 11) is 0. The minimum atomic E-state index is -0.187. The van der Waals surface area contributed by atoms with Crippen molar-refractivity contribution < 1.29 is 24.5 Å². The van der Waals surface area contributed by atoms with Gasteiger partial charge >= 0.3 is 0 Å². The maximum atomic E-state index is 12.5. The molecule has 29 heavy (non-hydrogen) atoms. The lowest BCUT2D eigenvalue weighted by molar-refractivity contribution is -0.122. The standard InChI is InChI=1S/C23H31NO5/c1-18(29-14-13-25)16-28-17-21(15-20-7-10-22(26)11-8-20)24-23(27)12-9-19-5-3-2-4-6-19/h2-8,10-11,18,21,25-26H,9,12-17H2,1H3,(H,24,27)/t18-,21?/m0/s1. The number of nitrogens with one attached hydrogen (secondary N) is 1. The van der Waals surface area contributed by atoms with Crippen LogP contribution >= 0.6 is 0 Å². The molecule has 0 saturated heterocycles. The molecular weight excluding hydrogens is 370 g/mol. The molecule has 0 aliphatic rings. The topological polar surface area (TPSA) is 88.0 Å². The summed E-state index contributed by atoms with van der Waals surface area (Å²) < 4.78 is 11.1. The Balaban J connectivity index is 1.86. The molecule has 1 amide bonds. The number of aromatic hydroxyl groups is 1. The van der Waals surface area contributed by atoms with E-state index in [1.165, 1.54) is 0 Å². The van der Waals surface area contributed by atoms with Crippen LogP contribution in [0.3, 0.4) is 0 Å². The number of benzene rings is 2. The van der Waals surface area contributed by atoms with Crippen LogP contribution in [0.25, 0.3) is 0 Å². The highest BCUT2D eigenvalue weighted by atomic mass is 16.5. The van der Waals surface area contributed by atoms with Crippen LogP contribution in [0.5, 0.6) is 5.75 Å². The molecule has 6 heteroatoms. The zero-order valence-electron chi connectivity index (χ0n) is 16.9. The molecule has 2 rings (SSSR count). The van der Waals surface area contributed by atoms with Gasteiger partial charge in [-0.15, -0.1) is 0 Å². The quantitative estimate of drug-likeness (QED) is 0.480. The van der Waals surface area contributed by atoms with Gasteiger partial charge in [0, 0.05) is 6.42 Å². The van der Waals surface area contributed by atoms with Crippen molar-refractivity contribution in [1.29, 1.82) is 0 Å². The molecule has 0 radical (unpaired) electrons. The number of carbonyl (C=O) groups is 1. The summed E-state index contributed by atoms with van der Waals surface area (Å²) in [6.07, 6.45) is 1.56. The fourth-order valence-corrected chi connectivity index (χ4v) is 2.95. The third-order valence-corrected chi connectivity index (χ3v) is 4.43. The molecule has 3 N–H and O–H groups in total. The summed E-state index contributed by atoms with van der Waals surface area (Å²) in [5, 5.41) is 21.3. The summed E-state index contributed by atoms with van der Waals surface area (Å²) in [5.41, 5.74) is 2.13. The van der Waals surface area contributed by atoms with Gasteiger partial charge in [0.1, 0.15) is 5.75 Å². The Morgan fingerprint density at radius 1 is 1.03 bits per heavy atom. The molecule has 0 fully saturated rings. The monoisotopic (exact) mass is 401 g/mol. The first-order valence-corrected chi connectivity index (χ1v) is 9.98. The van der Waals surface area contributed by atoms with Crippen molar-refractivity contribution in [3.05, 3.63) is 65.7 Å². The number of aliphatic hydroxyl groups is 1. The van der Waals surface area contributed by atoms with Crippen molar-refractivity contribution in [2.75, 3.05) is 26.4 Å². The zero-order valence-corrected chi connectivity index (χ0v) is 16.9. The van der Waals surface area contributed by atoms with Crippen molar-refractivity contribution in [3.63, 3.8) is 0 Å². The number of phenolic OH excluding ortho intramolecular Hbond substituents is 1. The van der Waals surface area contributed by atoms with Crippen molar-refractivity contribution in [1.82, 2.24) is 5.32 Å². The van der Waals surface area contributed by atoms with E-state index in [1.54, 1.807) is 12.1 Å². The summed E-state index contributed by atoms with van der Waals surface area (Å²) >= 11 is 0. The molecule has 2 aromatic rings. The largest absolute Gasteiger partial charge is 0.508 e. The van der Waals surface area contributed by atoms with Crippen LogP contribution in [0.1, 0.15) is 24.5 Å². The number of hydrogen-bond donors (Lipinski definition) is 3. The SMILES string of the molecule is C[C@@H](COCC(Cc1ccc(O)cc1)NC(=O)CCc1ccccc1)OCCO. The van der Waals surface area contributed by atoms with Crippen LogP contribution in [0.15, 0.2) is 54.6 Å². The normalized spacial score (nSPS) is 13.0. The first-order valence-electron chi connectivity index (χ1n) is 9.98. The summed E-state index contributed by atoms with van der Waals surface area (Å²) in [4.78, 5) is 12.5. The van der Waals surface area contributed by atoms with E-state index in [2.05, 4.69) is 5.32 Å². The van der Waals surface area contributed by atoms with Gasteiger partial charge < -0.3 is 25.0 Å². The third-order valence-electron chi connectivity index (χ3n) is 4.43. The van der Waals surface area contributed by atoms with E-state index in [4.69, 9.17) is 14.6 Å². The zero-order chi connectivity index (χ0) is 20.9. The van der Waals surface area contributed by atoms with Gasteiger partial charge in [-0.1, -0.05) is 42.5 Å². The number of hydrogen-bond acceptors (Lipinski definition) is 5. The molecule has 2 aromatic carbocycles. The van der Waals surface area contributed by atoms with E-state index < -0.39 is 0 Å². The minimum Gasteiger partial charge on any atom is -0.508 e. The number of carbonyl (C=O) groups excluding carboxylic acids is 1. The second-order valence-corrected chi connectivity index (χ2v) is 7.06. The second-order valence-electron chi connectivity index (χ2n) is 7.06. The number of amides is 1. The lowest BCUT2D eigenvalue weighted by Gasteiger charge is -2.21. The predicted octanol–water partition coefficient (Wildman–Crippen LogP) is 2.47. The third kappa shape index (κ3) is 9.56. The second kappa shape index (κ2) is 12.9. The Morgan fingerprint density at radius 2 is 1.76 bits per heavy atom. The van der Waals surface area contributed by atoms with Crippen LogP contribution in [-0.4, -0.2) is 54.7 Å². The Kier molecular flexibility index (Phi) is 10.2. The maximum Gasteiger partial charge on any atom is 0.220 e. The van der Waals surface area contributed by atoms with Gasteiger partial charge in [0.15, 0.2) is 0 Å². The molecule has 0 spiro atoms. The minimum absolute atomic E-state index is 0.0224. The van der Waals surface area contributed by atoms with E-state index in [9.17, 15) is 9.90 Å². The Labute approximate surface area is 172 Å². The highest BCUT2D eigenvalue weighted by molar-refractivity contribution is 5.76. The molecule has 0 aromatic heterocycles. The number of rotatable bonds is 13. The first-order chi connectivity index (χ1) is 14.1. The van der Waals surface area contributed by atoms with E-state index in [0.29, 0.717) is 32.5 Å². The Hall–Kier alpha value is -2.41. The lowest BCUT2D eigenvalue weighted by atomic mass is 10.1. The van der Waals surface area contributed by atoms with Gasteiger partial charge in [0.05, 0.1) is 38.6 Å². The van der Waals surface area contributed by atoms with Crippen LogP contribution in [0.4, 0.5) is 0 Å². The van der Waals surface area contributed by atoms with Gasteiger partial charge in [-0.3, -0.25) is 4.79 Å². The Bertz CT molecular complexity index is 705. The molecular formula is C23H31NO5. The summed E-state index contributed by atoms with van der Waals surface area (Å²) in [6.45, 7) is 2.86.